The average molecular weight is 610 g/mol. The molecule has 0 aliphatic rings. The summed E-state index contributed by atoms with van der Waals surface area (Å²) in [7, 11) is 0. The van der Waals surface area contributed by atoms with Gasteiger partial charge in [-0.1, -0.05) is 95.7 Å². The van der Waals surface area contributed by atoms with Gasteiger partial charge in [-0.15, -0.1) is 0 Å². The van der Waals surface area contributed by atoms with E-state index in [0.717, 1.165) is 74.5 Å². The number of unbranched alkanes of at least 4 members (excludes halogenated alkanes) is 6. The molecule has 2 rings (SSSR count). The van der Waals surface area contributed by atoms with Crippen LogP contribution in [0.15, 0.2) is 48.5 Å². The number of aromatic hydroxyl groups is 1. The lowest BCUT2D eigenvalue weighted by molar-refractivity contribution is -0.142. The first-order valence-electron chi connectivity index (χ1n) is 16.4. The number of nitrogens with zero attached hydrogens (tertiary/aromatic N) is 1. The number of carbonyl (C=O) groups excluding carboxylic acids is 3. The number of phenolic OH excluding ortho intramolecular Hbond substituents is 1. The monoisotopic (exact) mass is 609 g/mol. The third-order valence-electron chi connectivity index (χ3n) is 7.49. The van der Waals surface area contributed by atoms with E-state index >= 15 is 0 Å². The fraction of sp³-hybridized carbons (Fsp3) is 0.583. The van der Waals surface area contributed by atoms with E-state index < -0.39 is 23.8 Å². The molecule has 244 valence electrons. The highest BCUT2D eigenvalue weighted by Crippen LogP contribution is 2.25. The molecule has 0 saturated carbocycles. The number of aryl methyl sites for hydroxylation is 1. The van der Waals surface area contributed by atoms with Crippen molar-refractivity contribution >= 4 is 17.9 Å². The molecule has 2 aromatic rings. The zero-order valence-electron chi connectivity index (χ0n) is 27.8. The van der Waals surface area contributed by atoms with Crippen molar-refractivity contribution in [3.8, 4) is 5.75 Å². The van der Waals surface area contributed by atoms with E-state index in [9.17, 15) is 19.5 Å². The predicted molar refractivity (Wildman–Crippen MR) is 177 cm³/mol. The predicted octanol–water partition coefficient (Wildman–Crippen LogP) is 7.24. The lowest BCUT2D eigenvalue weighted by Gasteiger charge is -2.35. The summed E-state index contributed by atoms with van der Waals surface area (Å²) in [6, 6.07) is 12.6. The van der Waals surface area contributed by atoms with Crippen molar-refractivity contribution in [2.45, 2.75) is 123 Å². The first-order chi connectivity index (χ1) is 21.0. The summed E-state index contributed by atoms with van der Waals surface area (Å²) >= 11 is 0. The van der Waals surface area contributed by atoms with E-state index in [1.807, 2.05) is 24.3 Å². The van der Waals surface area contributed by atoms with Crippen molar-refractivity contribution < 1.29 is 24.2 Å². The average Bonchev–Trinajstić information content (AvgIpc) is 2.98. The second kappa shape index (κ2) is 19.0. The van der Waals surface area contributed by atoms with Gasteiger partial charge in [-0.2, -0.15) is 0 Å². The number of nitrogens with one attached hydrogen (secondary N) is 2. The smallest absolute Gasteiger partial charge is 0.408 e. The van der Waals surface area contributed by atoms with Crippen LogP contribution in [-0.2, 0) is 27.2 Å². The van der Waals surface area contributed by atoms with Crippen LogP contribution < -0.4 is 10.6 Å². The van der Waals surface area contributed by atoms with E-state index in [0.29, 0.717) is 13.1 Å². The lowest BCUT2D eigenvalue weighted by Crippen LogP contribution is -2.54. The van der Waals surface area contributed by atoms with Crippen LogP contribution in [0.25, 0.3) is 0 Å². The Morgan fingerprint density at radius 1 is 0.818 bits per heavy atom. The topological polar surface area (TPSA) is 108 Å². The maximum atomic E-state index is 14.6. The van der Waals surface area contributed by atoms with Gasteiger partial charge in [-0.25, -0.2) is 4.79 Å². The van der Waals surface area contributed by atoms with Crippen LogP contribution in [0.3, 0.4) is 0 Å². The Kier molecular flexibility index (Phi) is 15.8. The molecule has 0 saturated heterocycles. The lowest BCUT2D eigenvalue weighted by atomic mass is 9.98. The van der Waals surface area contributed by atoms with Crippen LogP contribution in [0, 0.1) is 0 Å². The van der Waals surface area contributed by atoms with Crippen molar-refractivity contribution in [3.05, 3.63) is 65.2 Å². The Hall–Kier alpha value is -3.55. The summed E-state index contributed by atoms with van der Waals surface area (Å²) in [6.07, 6.45) is 8.15. The standard InChI is InChI=1S/C36H55N3O5/c1-7-10-12-13-15-25-39(32(33(41)37-24-14-11-8-2)29-20-16-27(9-3)17-21-29)34(42)31(38-35(43)44-36(4,5)6)26-28-18-22-30(40)23-19-28/h16-23,31-32,40H,7-15,24-26H2,1-6H3,(H,37,41)(H,38,43). The molecule has 3 amide bonds. The van der Waals surface area contributed by atoms with Gasteiger partial charge in [0.2, 0.25) is 11.8 Å². The zero-order valence-corrected chi connectivity index (χ0v) is 27.8. The number of carbonyl (C=O) groups is 3. The Bertz CT molecular complexity index is 1140. The van der Waals surface area contributed by atoms with E-state index in [2.05, 4.69) is 31.4 Å². The summed E-state index contributed by atoms with van der Waals surface area (Å²) in [6.45, 7) is 12.6. The van der Waals surface area contributed by atoms with Crippen LogP contribution in [0.5, 0.6) is 5.75 Å². The molecule has 0 bridgehead atoms. The van der Waals surface area contributed by atoms with Crippen molar-refractivity contribution in [1.29, 1.82) is 0 Å². The highest BCUT2D eigenvalue weighted by Gasteiger charge is 2.36. The fourth-order valence-corrected chi connectivity index (χ4v) is 5.06. The van der Waals surface area contributed by atoms with Crippen LogP contribution in [0.1, 0.15) is 116 Å². The minimum Gasteiger partial charge on any atom is -0.508 e. The Balaban J connectivity index is 2.53. The number of phenols is 1. The van der Waals surface area contributed by atoms with Crippen LogP contribution in [0.2, 0.25) is 0 Å². The molecule has 3 N–H and O–H groups in total. The second-order valence-corrected chi connectivity index (χ2v) is 12.5. The van der Waals surface area contributed by atoms with E-state index in [-0.39, 0.29) is 24.0 Å². The SMILES string of the molecule is CCCCCCCN(C(=O)C(Cc1ccc(O)cc1)NC(=O)OC(C)(C)C)C(C(=O)NCCCCC)c1ccc(CC)cc1. The van der Waals surface area contributed by atoms with Gasteiger partial charge >= 0.3 is 6.09 Å². The second-order valence-electron chi connectivity index (χ2n) is 12.5. The number of hydrogen-bond acceptors (Lipinski definition) is 5. The van der Waals surface area contributed by atoms with Crippen molar-refractivity contribution in [2.24, 2.45) is 0 Å². The first kappa shape index (κ1) is 36.6. The summed E-state index contributed by atoms with van der Waals surface area (Å²) in [5.74, 6) is -0.471. The van der Waals surface area contributed by atoms with Crippen LogP contribution in [0.4, 0.5) is 4.79 Å². The zero-order chi connectivity index (χ0) is 32.5. The molecule has 0 fully saturated rings. The van der Waals surface area contributed by atoms with Gasteiger partial charge in [0.25, 0.3) is 0 Å². The maximum absolute atomic E-state index is 14.6. The van der Waals surface area contributed by atoms with Crippen LogP contribution in [-0.4, -0.2) is 52.6 Å². The number of benzene rings is 2. The van der Waals surface area contributed by atoms with Crippen molar-refractivity contribution in [2.75, 3.05) is 13.1 Å². The molecule has 2 atom stereocenters. The van der Waals surface area contributed by atoms with E-state index in [1.54, 1.807) is 49.9 Å². The number of rotatable bonds is 18. The molecule has 8 nitrogen and oxygen atoms in total. The largest absolute Gasteiger partial charge is 0.508 e. The van der Waals surface area contributed by atoms with Crippen molar-refractivity contribution in [3.63, 3.8) is 0 Å². The van der Waals surface area contributed by atoms with Gasteiger partial charge in [0, 0.05) is 19.5 Å². The van der Waals surface area contributed by atoms with Gasteiger partial charge in [0.05, 0.1) is 0 Å². The Morgan fingerprint density at radius 2 is 1.41 bits per heavy atom. The quantitative estimate of drug-likeness (QED) is 0.155. The molecule has 0 radical (unpaired) electrons. The molecule has 8 heteroatoms. The maximum Gasteiger partial charge on any atom is 0.408 e. The minimum atomic E-state index is -0.990. The van der Waals surface area contributed by atoms with Gasteiger partial charge in [0.15, 0.2) is 0 Å². The molecule has 2 aromatic carbocycles. The third-order valence-corrected chi connectivity index (χ3v) is 7.49. The third kappa shape index (κ3) is 13.0. The molecule has 44 heavy (non-hydrogen) atoms. The molecule has 0 heterocycles. The Labute approximate surface area is 264 Å². The van der Waals surface area contributed by atoms with Gasteiger partial charge in [-0.05, 0) is 68.9 Å². The minimum absolute atomic E-state index is 0.112. The van der Waals surface area contributed by atoms with E-state index in [1.165, 1.54) is 0 Å². The van der Waals surface area contributed by atoms with Gasteiger partial charge in [0.1, 0.15) is 23.4 Å². The molecule has 0 aromatic heterocycles. The molecular weight excluding hydrogens is 554 g/mol. The molecule has 0 aliphatic carbocycles. The number of amides is 3. The van der Waals surface area contributed by atoms with Gasteiger partial charge < -0.3 is 25.4 Å². The molecule has 2 unspecified atom stereocenters. The fourth-order valence-electron chi connectivity index (χ4n) is 5.06. The van der Waals surface area contributed by atoms with Crippen molar-refractivity contribution in [1.82, 2.24) is 15.5 Å². The molecule has 0 spiro atoms. The summed E-state index contributed by atoms with van der Waals surface area (Å²) in [4.78, 5) is 43.1. The van der Waals surface area contributed by atoms with Crippen LogP contribution >= 0.6 is 0 Å². The van der Waals surface area contributed by atoms with Gasteiger partial charge in [-0.3, -0.25) is 9.59 Å². The summed E-state index contributed by atoms with van der Waals surface area (Å²) in [5.41, 5.74) is 1.88. The normalized spacial score (nSPS) is 12.7. The number of alkyl carbamates (subject to hydrolysis) is 1. The molecule has 0 aliphatic heterocycles. The highest BCUT2D eigenvalue weighted by molar-refractivity contribution is 5.92. The van der Waals surface area contributed by atoms with E-state index in [4.69, 9.17) is 4.74 Å². The molecular formula is C36H55N3O5. The number of ether oxygens (including phenoxy) is 1. The first-order valence-corrected chi connectivity index (χ1v) is 16.4. The summed E-state index contributed by atoms with van der Waals surface area (Å²) < 4.78 is 5.53. The Morgan fingerprint density at radius 3 is 2.00 bits per heavy atom. The summed E-state index contributed by atoms with van der Waals surface area (Å²) in [5, 5.41) is 15.7. The highest BCUT2D eigenvalue weighted by atomic mass is 16.6. The number of hydrogen-bond donors (Lipinski definition) is 3.